The van der Waals surface area contributed by atoms with Crippen molar-refractivity contribution in [3.8, 4) is 22.8 Å². The average molecular weight is 578 g/mol. The van der Waals surface area contributed by atoms with Crippen LogP contribution in [0.3, 0.4) is 0 Å². The molecule has 0 fully saturated rings. The van der Waals surface area contributed by atoms with Gasteiger partial charge in [-0.25, -0.2) is 14.5 Å². The van der Waals surface area contributed by atoms with Crippen LogP contribution >= 0.6 is 0 Å². The van der Waals surface area contributed by atoms with Gasteiger partial charge in [0.05, 0.1) is 11.3 Å². The van der Waals surface area contributed by atoms with Gasteiger partial charge in [-0.1, -0.05) is 48.0 Å². The molecule has 2 amide bonds. The second-order valence-corrected chi connectivity index (χ2v) is 9.62. The Bertz CT molecular complexity index is 1640. The zero-order valence-corrected chi connectivity index (χ0v) is 22.7. The molecular weight excluding hydrogens is 551 g/mol. The van der Waals surface area contributed by atoms with Gasteiger partial charge in [0, 0.05) is 12.1 Å². The summed E-state index contributed by atoms with van der Waals surface area (Å²) in [5, 5.41) is 9.84. The summed E-state index contributed by atoms with van der Waals surface area (Å²) in [7, 11) is 0. The van der Waals surface area contributed by atoms with Crippen molar-refractivity contribution in [2.75, 3.05) is 13.2 Å². The summed E-state index contributed by atoms with van der Waals surface area (Å²) in [5.74, 6) is 0.0731. The van der Waals surface area contributed by atoms with Crippen LogP contribution in [-0.4, -0.2) is 46.1 Å². The van der Waals surface area contributed by atoms with Crippen molar-refractivity contribution in [2.24, 2.45) is 0 Å². The number of carbonyl (C=O) groups is 2. The summed E-state index contributed by atoms with van der Waals surface area (Å²) in [5.41, 5.74) is 5.23. The number of carbonyl (C=O) groups excluding carboxylic acids is 2. The quantitative estimate of drug-likeness (QED) is 0.296. The maximum atomic E-state index is 12.5. The number of benzene rings is 3. The van der Waals surface area contributed by atoms with Crippen LogP contribution in [0.2, 0.25) is 0 Å². The standard InChI is InChI=1S/C30H26F3N5O4/c1-18-3-4-19(2)24(15-18)26-25(39)16-41-28(26)36-29(40)34-14-13-20-5-7-21(8-6-20)27-35-17-38(37-27)22-9-11-23(12-10-22)42-30(31,32)33/h3-12,15,17H,13-14,16H2,1-2H3,(H2,34,36,40). The van der Waals surface area contributed by atoms with Crippen molar-refractivity contribution in [2.45, 2.75) is 26.6 Å². The molecule has 0 spiro atoms. The Morgan fingerprint density at radius 2 is 1.79 bits per heavy atom. The van der Waals surface area contributed by atoms with Crippen molar-refractivity contribution in [1.82, 2.24) is 25.4 Å². The second-order valence-electron chi connectivity index (χ2n) is 9.62. The largest absolute Gasteiger partial charge is 0.573 e. The summed E-state index contributed by atoms with van der Waals surface area (Å²) in [6, 6.07) is 18.1. The molecule has 2 heterocycles. The van der Waals surface area contributed by atoms with E-state index in [9.17, 15) is 22.8 Å². The second kappa shape index (κ2) is 11.8. The molecule has 12 heteroatoms. The summed E-state index contributed by atoms with van der Waals surface area (Å²) in [4.78, 5) is 29.3. The molecule has 216 valence electrons. The lowest BCUT2D eigenvalue weighted by molar-refractivity contribution is -0.274. The minimum absolute atomic E-state index is 0.124. The van der Waals surface area contributed by atoms with Gasteiger partial charge in [-0.2, -0.15) is 0 Å². The predicted molar refractivity (Wildman–Crippen MR) is 148 cm³/mol. The predicted octanol–water partition coefficient (Wildman–Crippen LogP) is 5.26. The first-order valence-electron chi connectivity index (χ1n) is 13.0. The number of aryl methyl sites for hydroxylation is 2. The van der Waals surface area contributed by atoms with E-state index in [0.29, 0.717) is 30.1 Å². The Balaban J connectivity index is 1.15. The fraction of sp³-hybridized carbons (Fsp3) is 0.200. The Labute approximate surface area is 239 Å². The van der Waals surface area contributed by atoms with Gasteiger partial charge in [-0.15, -0.1) is 18.3 Å². The maximum Gasteiger partial charge on any atom is 0.573 e. The molecule has 0 unspecified atom stereocenters. The lowest BCUT2D eigenvalue weighted by atomic mass is 9.97. The van der Waals surface area contributed by atoms with E-state index in [0.717, 1.165) is 27.8 Å². The highest BCUT2D eigenvalue weighted by atomic mass is 19.4. The zero-order valence-electron chi connectivity index (χ0n) is 22.7. The number of ether oxygens (including phenoxy) is 2. The molecule has 1 aromatic heterocycles. The lowest BCUT2D eigenvalue weighted by Crippen LogP contribution is -2.36. The third-order valence-corrected chi connectivity index (χ3v) is 6.48. The fourth-order valence-corrected chi connectivity index (χ4v) is 4.39. The smallest absolute Gasteiger partial charge is 0.470 e. The number of nitrogens with zero attached hydrogens (tertiary/aromatic N) is 3. The number of urea groups is 1. The van der Waals surface area contributed by atoms with Crippen LogP contribution in [0.25, 0.3) is 22.6 Å². The topological polar surface area (TPSA) is 107 Å². The molecule has 0 atom stereocenters. The Morgan fingerprint density at radius 3 is 2.50 bits per heavy atom. The highest BCUT2D eigenvalue weighted by Crippen LogP contribution is 2.28. The van der Waals surface area contributed by atoms with Crippen LogP contribution in [0.1, 0.15) is 22.3 Å². The monoisotopic (exact) mass is 577 g/mol. The van der Waals surface area contributed by atoms with Crippen LogP contribution < -0.4 is 15.4 Å². The van der Waals surface area contributed by atoms with E-state index < -0.39 is 12.4 Å². The maximum absolute atomic E-state index is 12.5. The first-order valence-corrected chi connectivity index (χ1v) is 13.0. The molecule has 9 nitrogen and oxygen atoms in total. The minimum atomic E-state index is -4.76. The van der Waals surface area contributed by atoms with Crippen LogP contribution in [0.4, 0.5) is 18.0 Å². The average Bonchev–Trinajstić information content (AvgIpc) is 3.57. The Morgan fingerprint density at radius 1 is 1.05 bits per heavy atom. The van der Waals surface area contributed by atoms with Gasteiger partial charge in [0.25, 0.3) is 0 Å². The Hall–Kier alpha value is -5.13. The van der Waals surface area contributed by atoms with Crippen molar-refractivity contribution in [3.05, 3.63) is 101 Å². The van der Waals surface area contributed by atoms with Gasteiger partial charge < -0.3 is 14.8 Å². The van der Waals surface area contributed by atoms with E-state index in [1.807, 2.05) is 56.3 Å². The molecule has 1 aliphatic heterocycles. The van der Waals surface area contributed by atoms with Crippen LogP contribution in [0.5, 0.6) is 5.75 Å². The number of ketones is 1. The third kappa shape index (κ3) is 6.77. The van der Waals surface area contributed by atoms with E-state index in [1.54, 1.807) is 0 Å². The number of hydrogen-bond acceptors (Lipinski definition) is 6. The summed E-state index contributed by atoms with van der Waals surface area (Å²) < 4.78 is 47.9. The fourth-order valence-electron chi connectivity index (χ4n) is 4.39. The van der Waals surface area contributed by atoms with Gasteiger partial charge in [0.2, 0.25) is 11.7 Å². The zero-order chi connectivity index (χ0) is 29.9. The first-order chi connectivity index (χ1) is 20.1. The van der Waals surface area contributed by atoms with Gasteiger partial charge in [0.1, 0.15) is 12.1 Å². The number of Topliss-reactive ketones (excluding diaryl/α,β-unsaturated/α-hetero) is 1. The molecule has 1 aliphatic rings. The van der Waals surface area contributed by atoms with Crippen LogP contribution in [0, 0.1) is 13.8 Å². The number of alkyl halides is 3. The molecule has 42 heavy (non-hydrogen) atoms. The van der Waals surface area contributed by atoms with Crippen LogP contribution in [0.15, 0.2) is 78.9 Å². The number of amides is 2. The molecule has 4 aromatic rings. The number of halogens is 3. The highest BCUT2D eigenvalue weighted by Gasteiger charge is 2.31. The van der Waals surface area contributed by atoms with E-state index in [1.165, 1.54) is 35.3 Å². The Kier molecular flexibility index (Phi) is 7.96. The molecular formula is C30H26F3N5O4. The van der Waals surface area contributed by atoms with Crippen molar-refractivity contribution < 1.29 is 32.2 Å². The van der Waals surface area contributed by atoms with Crippen molar-refractivity contribution in [1.29, 1.82) is 0 Å². The van der Waals surface area contributed by atoms with E-state index in [-0.39, 0.29) is 24.0 Å². The SMILES string of the molecule is Cc1ccc(C)c(C2=C(NC(=O)NCCc3ccc(-c4ncn(-c5ccc(OC(F)(F)F)cc5)n4)cc3)OCC2=O)c1. The van der Waals surface area contributed by atoms with E-state index >= 15 is 0 Å². The summed E-state index contributed by atoms with van der Waals surface area (Å²) >= 11 is 0. The molecule has 0 saturated carbocycles. The summed E-state index contributed by atoms with van der Waals surface area (Å²) in [6.07, 6.45) is -2.75. The van der Waals surface area contributed by atoms with E-state index in [2.05, 4.69) is 25.5 Å². The molecule has 0 radical (unpaired) electrons. The van der Waals surface area contributed by atoms with Crippen molar-refractivity contribution in [3.63, 3.8) is 0 Å². The summed E-state index contributed by atoms with van der Waals surface area (Å²) in [6.45, 7) is 4.05. The minimum Gasteiger partial charge on any atom is -0.470 e. The number of nitrogens with one attached hydrogen (secondary N) is 2. The lowest BCUT2D eigenvalue weighted by Gasteiger charge is -2.11. The van der Waals surface area contributed by atoms with Crippen LogP contribution in [-0.2, 0) is 16.0 Å². The first kappa shape index (κ1) is 28.4. The molecule has 0 aliphatic carbocycles. The molecule has 3 aromatic carbocycles. The van der Waals surface area contributed by atoms with Gasteiger partial charge in [-0.3, -0.25) is 10.1 Å². The normalized spacial score (nSPS) is 13.2. The van der Waals surface area contributed by atoms with Gasteiger partial charge >= 0.3 is 12.4 Å². The van der Waals surface area contributed by atoms with Gasteiger partial charge in [0.15, 0.2) is 12.4 Å². The number of aromatic nitrogens is 3. The molecule has 0 bridgehead atoms. The number of hydrogen-bond donors (Lipinski definition) is 2. The van der Waals surface area contributed by atoms with E-state index in [4.69, 9.17) is 4.74 Å². The third-order valence-electron chi connectivity index (χ3n) is 6.48. The number of rotatable bonds is 8. The molecule has 5 rings (SSSR count). The highest BCUT2D eigenvalue weighted by molar-refractivity contribution is 6.24. The van der Waals surface area contributed by atoms with Crippen molar-refractivity contribution >= 4 is 17.4 Å². The molecule has 0 saturated heterocycles. The van der Waals surface area contributed by atoms with Gasteiger partial charge in [-0.05, 0) is 61.2 Å². The molecule has 2 N–H and O–H groups in total.